The lowest BCUT2D eigenvalue weighted by molar-refractivity contribution is -0.114. The van der Waals surface area contributed by atoms with Crippen molar-refractivity contribution in [3.63, 3.8) is 0 Å². The fourth-order valence-electron chi connectivity index (χ4n) is 2.79. The molecular weight excluding hydrogens is 388 g/mol. The van der Waals surface area contributed by atoms with Crippen LogP contribution in [0.3, 0.4) is 0 Å². The number of carbonyl (C=O) groups is 2. The van der Waals surface area contributed by atoms with Crippen LogP contribution in [0.25, 0.3) is 0 Å². The van der Waals surface area contributed by atoms with E-state index in [9.17, 15) is 9.59 Å². The average molecular weight is 409 g/mol. The standard InChI is InChI=1S/C23H21ClN2O3/c1-15-5-3-6-17(11-15)14-29-20-8-4-7-18(12-20)23(28)26-22-13-19(25-16(2)27)9-10-21(22)24/h3-13H,14H2,1-2H3,(H,25,27)(H,26,28). The molecule has 0 spiro atoms. The number of nitrogens with one attached hydrogen (secondary N) is 2. The quantitative estimate of drug-likeness (QED) is 0.570. The Morgan fingerprint density at radius 1 is 0.966 bits per heavy atom. The average Bonchev–Trinajstić information content (AvgIpc) is 2.69. The molecule has 0 radical (unpaired) electrons. The van der Waals surface area contributed by atoms with E-state index in [1.165, 1.54) is 6.92 Å². The number of amides is 2. The second-order valence-electron chi connectivity index (χ2n) is 6.64. The number of hydrogen-bond acceptors (Lipinski definition) is 3. The smallest absolute Gasteiger partial charge is 0.255 e. The zero-order valence-corrected chi connectivity index (χ0v) is 16.9. The Morgan fingerprint density at radius 3 is 2.52 bits per heavy atom. The van der Waals surface area contributed by atoms with Crippen LogP contribution in [0.4, 0.5) is 11.4 Å². The lowest BCUT2D eigenvalue weighted by Gasteiger charge is -2.11. The highest BCUT2D eigenvalue weighted by molar-refractivity contribution is 6.34. The van der Waals surface area contributed by atoms with Gasteiger partial charge in [-0.05, 0) is 48.9 Å². The summed E-state index contributed by atoms with van der Waals surface area (Å²) in [6.45, 7) is 3.85. The lowest BCUT2D eigenvalue weighted by Crippen LogP contribution is -2.13. The SMILES string of the molecule is CC(=O)Nc1ccc(Cl)c(NC(=O)c2cccc(OCc3cccc(C)c3)c2)c1. The van der Waals surface area contributed by atoms with E-state index in [1.54, 1.807) is 42.5 Å². The van der Waals surface area contributed by atoms with Gasteiger partial charge in [0, 0.05) is 18.2 Å². The Hall–Kier alpha value is -3.31. The fourth-order valence-corrected chi connectivity index (χ4v) is 2.96. The summed E-state index contributed by atoms with van der Waals surface area (Å²) in [7, 11) is 0. The van der Waals surface area contributed by atoms with Crippen molar-refractivity contribution >= 4 is 34.8 Å². The molecule has 0 aliphatic carbocycles. The largest absolute Gasteiger partial charge is 0.489 e. The van der Waals surface area contributed by atoms with Crippen molar-refractivity contribution in [3.8, 4) is 5.75 Å². The highest BCUT2D eigenvalue weighted by Gasteiger charge is 2.11. The zero-order valence-electron chi connectivity index (χ0n) is 16.2. The molecule has 0 bridgehead atoms. The molecule has 0 heterocycles. The third-order valence-electron chi connectivity index (χ3n) is 4.12. The van der Waals surface area contributed by atoms with Crippen molar-refractivity contribution in [3.05, 3.63) is 88.4 Å². The van der Waals surface area contributed by atoms with Gasteiger partial charge in [-0.2, -0.15) is 0 Å². The predicted molar refractivity (Wildman–Crippen MR) is 116 cm³/mol. The third-order valence-corrected chi connectivity index (χ3v) is 4.45. The molecule has 0 aromatic heterocycles. The Balaban J connectivity index is 1.70. The van der Waals surface area contributed by atoms with E-state index in [0.29, 0.717) is 34.3 Å². The number of anilines is 2. The van der Waals surface area contributed by atoms with Crippen LogP contribution in [0.15, 0.2) is 66.7 Å². The van der Waals surface area contributed by atoms with E-state index < -0.39 is 0 Å². The van der Waals surface area contributed by atoms with Gasteiger partial charge in [0.1, 0.15) is 12.4 Å². The lowest BCUT2D eigenvalue weighted by atomic mass is 10.1. The van der Waals surface area contributed by atoms with Crippen LogP contribution in [-0.4, -0.2) is 11.8 Å². The van der Waals surface area contributed by atoms with Crippen molar-refractivity contribution in [2.75, 3.05) is 10.6 Å². The van der Waals surface area contributed by atoms with Gasteiger partial charge in [-0.3, -0.25) is 9.59 Å². The molecule has 0 unspecified atom stereocenters. The van der Waals surface area contributed by atoms with Crippen LogP contribution in [0, 0.1) is 6.92 Å². The monoisotopic (exact) mass is 408 g/mol. The molecule has 0 saturated heterocycles. The summed E-state index contributed by atoms with van der Waals surface area (Å²) < 4.78 is 5.82. The summed E-state index contributed by atoms with van der Waals surface area (Å²) in [5.74, 6) is 0.0631. The second kappa shape index (κ2) is 9.26. The summed E-state index contributed by atoms with van der Waals surface area (Å²) in [5.41, 5.74) is 3.62. The molecule has 6 heteroatoms. The molecule has 0 aliphatic heterocycles. The Bertz CT molecular complexity index is 1050. The van der Waals surface area contributed by atoms with Gasteiger partial charge in [0.05, 0.1) is 10.7 Å². The topological polar surface area (TPSA) is 67.4 Å². The first kappa shape index (κ1) is 20.4. The molecule has 3 aromatic carbocycles. The molecule has 0 aliphatic rings. The number of rotatable bonds is 6. The summed E-state index contributed by atoms with van der Waals surface area (Å²) in [6.07, 6.45) is 0. The van der Waals surface area contributed by atoms with Crippen LogP contribution in [0.2, 0.25) is 5.02 Å². The van der Waals surface area contributed by atoms with Crippen molar-refractivity contribution < 1.29 is 14.3 Å². The minimum atomic E-state index is -0.326. The number of ether oxygens (including phenoxy) is 1. The van der Waals surface area contributed by atoms with Crippen molar-refractivity contribution in [2.24, 2.45) is 0 Å². The van der Waals surface area contributed by atoms with Crippen molar-refractivity contribution in [2.45, 2.75) is 20.5 Å². The second-order valence-corrected chi connectivity index (χ2v) is 7.04. The van der Waals surface area contributed by atoms with Crippen LogP contribution in [0.5, 0.6) is 5.75 Å². The third kappa shape index (κ3) is 5.83. The molecule has 2 N–H and O–H groups in total. The van der Waals surface area contributed by atoms with E-state index in [1.807, 2.05) is 25.1 Å². The number of hydrogen-bond donors (Lipinski definition) is 2. The fraction of sp³-hybridized carbons (Fsp3) is 0.130. The molecule has 0 saturated carbocycles. The van der Waals surface area contributed by atoms with Gasteiger partial charge in [-0.25, -0.2) is 0 Å². The maximum absolute atomic E-state index is 12.7. The van der Waals surface area contributed by atoms with Crippen LogP contribution in [0.1, 0.15) is 28.4 Å². The minimum absolute atomic E-state index is 0.206. The molecule has 3 rings (SSSR count). The van der Waals surface area contributed by atoms with Gasteiger partial charge in [0.25, 0.3) is 5.91 Å². The van der Waals surface area contributed by atoms with E-state index in [4.69, 9.17) is 16.3 Å². The van der Waals surface area contributed by atoms with Gasteiger partial charge in [0.2, 0.25) is 5.91 Å². The number of carbonyl (C=O) groups excluding carboxylic acids is 2. The molecule has 3 aromatic rings. The van der Waals surface area contributed by atoms with E-state index >= 15 is 0 Å². The van der Waals surface area contributed by atoms with Gasteiger partial charge in [0.15, 0.2) is 0 Å². The molecule has 29 heavy (non-hydrogen) atoms. The van der Waals surface area contributed by atoms with E-state index in [0.717, 1.165) is 11.1 Å². The Kier molecular flexibility index (Phi) is 6.52. The number of halogens is 1. The maximum atomic E-state index is 12.7. The van der Waals surface area contributed by atoms with E-state index in [-0.39, 0.29) is 11.8 Å². The highest BCUT2D eigenvalue weighted by Crippen LogP contribution is 2.26. The summed E-state index contributed by atoms with van der Waals surface area (Å²) in [5, 5.41) is 5.81. The summed E-state index contributed by atoms with van der Waals surface area (Å²) in [4.78, 5) is 23.9. The van der Waals surface area contributed by atoms with Crippen molar-refractivity contribution in [1.29, 1.82) is 0 Å². The van der Waals surface area contributed by atoms with Crippen LogP contribution >= 0.6 is 11.6 Å². The van der Waals surface area contributed by atoms with E-state index in [2.05, 4.69) is 16.7 Å². The molecule has 148 valence electrons. The maximum Gasteiger partial charge on any atom is 0.255 e. The first-order valence-electron chi connectivity index (χ1n) is 9.07. The Labute approximate surface area is 174 Å². The molecule has 0 fully saturated rings. The molecule has 0 atom stereocenters. The predicted octanol–water partition coefficient (Wildman–Crippen LogP) is 5.44. The van der Waals surface area contributed by atoms with Gasteiger partial charge >= 0.3 is 0 Å². The zero-order chi connectivity index (χ0) is 20.8. The summed E-state index contributed by atoms with van der Waals surface area (Å²) >= 11 is 6.17. The van der Waals surface area contributed by atoms with Gasteiger partial charge in [-0.1, -0.05) is 47.5 Å². The molecule has 5 nitrogen and oxygen atoms in total. The van der Waals surface area contributed by atoms with Gasteiger partial charge in [-0.15, -0.1) is 0 Å². The van der Waals surface area contributed by atoms with Crippen molar-refractivity contribution in [1.82, 2.24) is 0 Å². The first-order chi connectivity index (χ1) is 13.9. The normalized spacial score (nSPS) is 10.3. The molecular formula is C23H21ClN2O3. The number of benzene rings is 3. The van der Waals surface area contributed by atoms with Crippen LogP contribution in [-0.2, 0) is 11.4 Å². The Morgan fingerprint density at radius 2 is 1.76 bits per heavy atom. The summed E-state index contributed by atoms with van der Waals surface area (Å²) in [6, 6.07) is 19.9. The first-order valence-corrected chi connectivity index (χ1v) is 9.45. The highest BCUT2D eigenvalue weighted by atomic mass is 35.5. The minimum Gasteiger partial charge on any atom is -0.489 e. The molecule has 2 amide bonds. The van der Waals surface area contributed by atoms with Gasteiger partial charge < -0.3 is 15.4 Å². The van der Waals surface area contributed by atoms with Crippen LogP contribution < -0.4 is 15.4 Å². The number of aryl methyl sites for hydroxylation is 1.